The number of ether oxygens (including phenoxy) is 1. The highest BCUT2D eigenvalue weighted by molar-refractivity contribution is 6.76. The lowest BCUT2D eigenvalue weighted by atomic mass is 10.7. The summed E-state index contributed by atoms with van der Waals surface area (Å²) in [4.78, 5) is 21.8. The number of nitrogens with one attached hydrogen (secondary N) is 1. The van der Waals surface area contributed by atoms with E-state index in [1.165, 1.54) is 0 Å². The highest BCUT2D eigenvalue weighted by Crippen LogP contribution is 2.26. The zero-order valence-corrected chi connectivity index (χ0v) is 8.49. The van der Waals surface area contributed by atoms with E-state index >= 15 is 0 Å². The van der Waals surface area contributed by atoms with Crippen molar-refractivity contribution in [1.82, 2.24) is 10.4 Å². The van der Waals surface area contributed by atoms with Crippen LogP contribution in [0.3, 0.4) is 0 Å². The molecule has 1 fully saturated rings. The van der Waals surface area contributed by atoms with Gasteiger partial charge in [0.1, 0.15) is 6.61 Å². The molecule has 1 rings (SSSR count). The maximum Gasteiger partial charge on any atom is 0.428 e. The van der Waals surface area contributed by atoms with E-state index < -0.39 is 15.8 Å². The minimum absolute atomic E-state index is 0.207. The first-order chi connectivity index (χ1) is 5.91. The molecule has 0 aromatic heterocycles. The quantitative estimate of drug-likeness (QED) is 0.699. The zero-order chi connectivity index (χ0) is 10.1. The van der Waals surface area contributed by atoms with Crippen molar-refractivity contribution in [2.45, 2.75) is 3.79 Å². The monoisotopic (exact) mass is 246 g/mol. The summed E-state index contributed by atoms with van der Waals surface area (Å²) in [6.45, 7) is 0.449. The van der Waals surface area contributed by atoms with Crippen molar-refractivity contribution in [2.24, 2.45) is 0 Å². The van der Waals surface area contributed by atoms with Crippen LogP contribution in [0.4, 0.5) is 4.79 Å². The fourth-order valence-corrected chi connectivity index (χ4v) is 0.808. The first kappa shape index (κ1) is 10.7. The van der Waals surface area contributed by atoms with Gasteiger partial charge in [-0.3, -0.25) is 10.2 Å². The molecule has 1 aliphatic heterocycles. The van der Waals surface area contributed by atoms with E-state index in [0.29, 0.717) is 0 Å². The number of alkyl halides is 3. The van der Waals surface area contributed by atoms with Crippen LogP contribution in [0.2, 0.25) is 0 Å². The molecule has 1 N–H and O–H groups in total. The fourth-order valence-electron chi connectivity index (χ4n) is 0.681. The van der Waals surface area contributed by atoms with E-state index in [1.807, 2.05) is 0 Å². The largest absolute Gasteiger partial charge is 0.446 e. The maximum atomic E-state index is 11.0. The molecule has 0 aliphatic carbocycles. The number of cyclic esters (lactones) is 1. The molecular weight excluding hydrogens is 242 g/mol. The highest BCUT2D eigenvalue weighted by atomic mass is 35.6. The Kier molecular flexibility index (Phi) is 3.10. The van der Waals surface area contributed by atoms with Gasteiger partial charge < -0.3 is 4.74 Å². The van der Waals surface area contributed by atoms with Crippen molar-refractivity contribution in [3.63, 3.8) is 0 Å². The van der Waals surface area contributed by atoms with Gasteiger partial charge in [0, 0.05) is 0 Å². The Balaban J connectivity index is 2.49. The summed E-state index contributed by atoms with van der Waals surface area (Å²) in [6.07, 6.45) is -0.664. The Morgan fingerprint density at radius 3 is 2.54 bits per heavy atom. The van der Waals surface area contributed by atoms with Crippen molar-refractivity contribution in [2.75, 3.05) is 13.2 Å². The third kappa shape index (κ3) is 2.79. The van der Waals surface area contributed by atoms with E-state index in [1.54, 1.807) is 0 Å². The molecule has 0 aromatic carbocycles. The molecular formula is C5H5Cl3N2O3. The molecule has 74 valence electrons. The second kappa shape index (κ2) is 3.77. The molecule has 5 nitrogen and oxygen atoms in total. The second-order valence-electron chi connectivity index (χ2n) is 2.20. The van der Waals surface area contributed by atoms with Crippen molar-refractivity contribution in [3.05, 3.63) is 0 Å². The lowest BCUT2D eigenvalue weighted by molar-refractivity contribution is -0.123. The average molecular weight is 247 g/mol. The van der Waals surface area contributed by atoms with E-state index in [-0.39, 0.29) is 13.2 Å². The minimum atomic E-state index is -2.08. The van der Waals surface area contributed by atoms with Crippen LogP contribution in [-0.2, 0) is 9.53 Å². The summed E-state index contributed by atoms with van der Waals surface area (Å²) >= 11 is 15.7. The molecule has 0 bridgehead atoms. The first-order valence-electron chi connectivity index (χ1n) is 3.23. The van der Waals surface area contributed by atoms with Gasteiger partial charge in [-0.15, -0.1) is 0 Å². The van der Waals surface area contributed by atoms with Crippen molar-refractivity contribution >= 4 is 46.8 Å². The summed E-state index contributed by atoms with van der Waals surface area (Å²) in [6, 6.07) is 0. The van der Waals surface area contributed by atoms with Crippen LogP contribution < -0.4 is 5.43 Å². The molecule has 13 heavy (non-hydrogen) atoms. The van der Waals surface area contributed by atoms with Gasteiger partial charge in [-0.05, 0) is 0 Å². The van der Waals surface area contributed by atoms with Gasteiger partial charge in [0.05, 0.1) is 6.54 Å². The number of hydrazine groups is 1. The topological polar surface area (TPSA) is 58.6 Å². The summed E-state index contributed by atoms with van der Waals surface area (Å²) in [5.41, 5.74) is 2.09. The minimum Gasteiger partial charge on any atom is -0.446 e. The number of halogens is 3. The van der Waals surface area contributed by atoms with Gasteiger partial charge in [-0.25, -0.2) is 9.80 Å². The number of hydrogen-bond acceptors (Lipinski definition) is 3. The maximum absolute atomic E-state index is 11.0. The first-order valence-corrected chi connectivity index (χ1v) is 4.37. The third-order valence-corrected chi connectivity index (χ3v) is 1.77. The van der Waals surface area contributed by atoms with Gasteiger partial charge in [0.2, 0.25) is 0 Å². The van der Waals surface area contributed by atoms with Gasteiger partial charge in [-0.2, -0.15) is 0 Å². The molecule has 0 saturated carbocycles. The van der Waals surface area contributed by atoms with Crippen LogP contribution in [0.25, 0.3) is 0 Å². The number of carbonyl (C=O) groups is 2. The van der Waals surface area contributed by atoms with Crippen LogP contribution in [0.1, 0.15) is 0 Å². The Bertz CT molecular complexity index is 240. The molecule has 1 heterocycles. The lowest BCUT2D eigenvalue weighted by Crippen LogP contribution is -2.47. The van der Waals surface area contributed by atoms with Crippen LogP contribution in [0.5, 0.6) is 0 Å². The molecule has 0 aromatic rings. The van der Waals surface area contributed by atoms with Crippen molar-refractivity contribution < 1.29 is 14.3 Å². The van der Waals surface area contributed by atoms with Gasteiger partial charge >= 0.3 is 6.09 Å². The van der Waals surface area contributed by atoms with Gasteiger partial charge in [-0.1, -0.05) is 34.8 Å². The second-order valence-corrected chi connectivity index (χ2v) is 4.49. The summed E-state index contributed by atoms with van der Waals surface area (Å²) in [5.74, 6) is -0.892. The van der Waals surface area contributed by atoms with Crippen molar-refractivity contribution in [3.8, 4) is 0 Å². The normalized spacial score (nSPS) is 17.2. The highest BCUT2D eigenvalue weighted by Gasteiger charge is 2.34. The zero-order valence-electron chi connectivity index (χ0n) is 6.22. The molecule has 0 radical (unpaired) electrons. The van der Waals surface area contributed by atoms with Crippen LogP contribution >= 0.6 is 34.8 Å². The van der Waals surface area contributed by atoms with Gasteiger partial charge in [0.25, 0.3) is 9.70 Å². The predicted molar refractivity (Wildman–Crippen MR) is 46.5 cm³/mol. The third-order valence-electron chi connectivity index (χ3n) is 1.25. The molecule has 2 amide bonds. The molecule has 0 spiro atoms. The Morgan fingerprint density at radius 2 is 2.15 bits per heavy atom. The standard InChI is InChI=1S/C5H5Cl3N2O3/c6-5(7,8)3(11)9-10-1-2-13-4(10)12/h1-2H2,(H,9,11). The summed E-state index contributed by atoms with van der Waals surface area (Å²) in [7, 11) is 0. The molecule has 8 heteroatoms. The average Bonchev–Trinajstić information content (AvgIpc) is 2.34. The van der Waals surface area contributed by atoms with Crippen molar-refractivity contribution in [1.29, 1.82) is 0 Å². The Hall–Kier alpha value is -0.390. The number of hydrogen-bond donors (Lipinski definition) is 1. The Morgan fingerprint density at radius 1 is 1.54 bits per heavy atom. The number of carbonyl (C=O) groups excluding carboxylic acids is 2. The number of nitrogens with zero attached hydrogens (tertiary/aromatic N) is 1. The molecule has 0 atom stereocenters. The Labute approximate surface area is 88.8 Å². The molecule has 0 unspecified atom stereocenters. The summed E-state index contributed by atoms with van der Waals surface area (Å²) < 4.78 is 2.44. The summed E-state index contributed by atoms with van der Waals surface area (Å²) in [5, 5.41) is 0.935. The fraction of sp³-hybridized carbons (Fsp3) is 0.600. The number of amides is 2. The van der Waals surface area contributed by atoms with Gasteiger partial charge in [0.15, 0.2) is 0 Å². The smallest absolute Gasteiger partial charge is 0.428 e. The SMILES string of the molecule is O=C1OCCN1NC(=O)C(Cl)(Cl)Cl. The number of rotatable bonds is 1. The molecule has 1 aliphatic rings. The van der Waals surface area contributed by atoms with Crippen LogP contribution in [0, 0.1) is 0 Å². The van der Waals surface area contributed by atoms with E-state index in [9.17, 15) is 9.59 Å². The van der Waals surface area contributed by atoms with Crippen LogP contribution in [0.15, 0.2) is 0 Å². The van der Waals surface area contributed by atoms with E-state index in [4.69, 9.17) is 34.8 Å². The van der Waals surface area contributed by atoms with E-state index in [2.05, 4.69) is 10.2 Å². The van der Waals surface area contributed by atoms with Crippen LogP contribution in [-0.4, -0.2) is 34.0 Å². The lowest BCUT2D eigenvalue weighted by Gasteiger charge is -2.17. The predicted octanol–water partition coefficient (Wildman–Crippen LogP) is 0.840. The van der Waals surface area contributed by atoms with E-state index in [0.717, 1.165) is 5.01 Å². The molecule has 1 saturated heterocycles.